The number of nitrogens with zero attached hydrogens (tertiary/aromatic N) is 1. The molecule has 3 unspecified atom stereocenters. The van der Waals surface area contributed by atoms with E-state index in [4.69, 9.17) is 0 Å². The molecule has 3 rings (SSSR count). The summed E-state index contributed by atoms with van der Waals surface area (Å²) in [5.41, 5.74) is 1.42. The fraction of sp³-hybridized carbons (Fsp3) is 0.625. The number of rotatable bonds is 4. The second kappa shape index (κ2) is 5.41. The fourth-order valence-electron chi connectivity index (χ4n) is 3.80. The average Bonchev–Trinajstić information content (AvgIpc) is 2.95. The van der Waals surface area contributed by atoms with E-state index in [1.54, 1.807) is 0 Å². The van der Waals surface area contributed by atoms with E-state index in [0.717, 1.165) is 24.4 Å². The SMILES string of the molecule is CN(Cc1ccccc1)CC1NCC2CCCC21. The van der Waals surface area contributed by atoms with Crippen LogP contribution in [0.2, 0.25) is 0 Å². The van der Waals surface area contributed by atoms with E-state index in [-0.39, 0.29) is 0 Å². The van der Waals surface area contributed by atoms with Gasteiger partial charge in [0.2, 0.25) is 0 Å². The van der Waals surface area contributed by atoms with E-state index >= 15 is 0 Å². The van der Waals surface area contributed by atoms with Crippen LogP contribution >= 0.6 is 0 Å². The monoisotopic (exact) mass is 244 g/mol. The lowest BCUT2D eigenvalue weighted by atomic mass is 9.94. The summed E-state index contributed by atoms with van der Waals surface area (Å²) in [7, 11) is 2.25. The molecule has 1 saturated heterocycles. The van der Waals surface area contributed by atoms with Crippen LogP contribution in [0.15, 0.2) is 30.3 Å². The summed E-state index contributed by atoms with van der Waals surface area (Å²) in [6.45, 7) is 3.51. The van der Waals surface area contributed by atoms with Crippen molar-refractivity contribution < 1.29 is 0 Å². The normalized spacial score (nSPS) is 30.9. The minimum atomic E-state index is 0.728. The minimum Gasteiger partial charge on any atom is -0.312 e. The van der Waals surface area contributed by atoms with Gasteiger partial charge in [-0.2, -0.15) is 0 Å². The second-order valence-corrected chi connectivity index (χ2v) is 6.05. The molecule has 2 fully saturated rings. The Morgan fingerprint density at radius 2 is 2.06 bits per heavy atom. The van der Waals surface area contributed by atoms with E-state index in [1.165, 1.54) is 37.9 Å². The van der Waals surface area contributed by atoms with Crippen molar-refractivity contribution in [1.29, 1.82) is 0 Å². The van der Waals surface area contributed by atoms with Crippen LogP contribution in [0.1, 0.15) is 24.8 Å². The smallest absolute Gasteiger partial charge is 0.0231 e. The van der Waals surface area contributed by atoms with Gasteiger partial charge in [0.05, 0.1) is 0 Å². The Morgan fingerprint density at radius 3 is 2.89 bits per heavy atom. The molecule has 1 N–H and O–H groups in total. The molecule has 1 aromatic carbocycles. The Labute approximate surface area is 110 Å². The molecule has 98 valence electrons. The first-order valence-electron chi connectivity index (χ1n) is 7.29. The molecular formula is C16H24N2. The van der Waals surface area contributed by atoms with Crippen LogP contribution in [0.3, 0.4) is 0 Å². The Hall–Kier alpha value is -0.860. The van der Waals surface area contributed by atoms with E-state index in [9.17, 15) is 0 Å². The number of likely N-dealkylation sites (N-methyl/N-ethyl adjacent to an activating group) is 1. The first-order chi connectivity index (χ1) is 8.83. The van der Waals surface area contributed by atoms with E-state index in [2.05, 4.69) is 47.6 Å². The van der Waals surface area contributed by atoms with E-state index in [0.29, 0.717) is 0 Å². The third-order valence-corrected chi connectivity index (χ3v) is 4.68. The highest BCUT2D eigenvalue weighted by Gasteiger charge is 2.38. The van der Waals surface area contributed by atoms with Crippen LogP contribution in [0.25, 0.3) is 0 Å². The maximum atomic E-state index is 3.73. The zero-order valence-electron chi connectivity index (χ0n) is 11.3. The van der Waals surface area contributed by atoms with Gasteiger partial charge in [0.15, 0.2) is 0 Å². The number of hydrogen-bond acceptors (Lipinski definition) is 2. The highest BCUT2D eigenvalue weighted by molar-refractivity contribution is 5.14. The molecule has 2 nitrogen and oxygen atoms in total. The lowest BCUT2D eigenvalue weighted by Crippen LogP contribution is -2.38. The summed E-state index contributed by atoms with van der Waals surface area (Å²) in [5.74, 6) is 1.92. The number of benzene rings is 1. The fourth-order valence-corrected chi connectivity index (χ4v) is 3.80. The molecule has 18 heavy (non-hydrogen) atoms. The molecule has 1 heterocycles. The largest absolute Gasteiger partial charge is 0.312 e. The summed E-state index contributed by atoms with van der Waals surface area (Å²) in [4.78, 5) is 2.47. The van der Waals surface area contributed by atoms with Gasteiger partial charge >= 0.3 is 0 Å². The molecule has 1 aliphatic carbocycles. The van der Waals surface area contributed by atoms with Gasteiger partial charge in [-0.05, 0) is 43.8 Å². The molecule has 0 amide bonds. The lowest BCUT2D eigenvalue weighted by molar-refractivity contribution is 0.259. The molecule has 2 aliphatic rings. The van der Waals surface area contributed by atoms with E-state index in [1.807, 2.05) is 0 Å². The van der Waals surface area contributed by atoms with Crippen molar-refractivity contribution >= 4 is 0 Å². The van der Waals surface area contributed by atoms with Crippen LogP contribution < -0.4 is 5.32 Å². The van der Waals surface area contributed by atoms with Crippen LogP contribution in [0.4, 0.5) is 0 Å². The highest BCUT2D eigenvalue weighted by Crippen LogP contribution is 2.37. The molecule has 0 spiro atoms. The summed E-state index contributed by atoms with van der Waals surface area (Å²) in [6.07, 6.45) is 4.36. The van der Waals surface area contributed by atoms with Crippen LogP contribution in [-0.2, 0) is 6.54 Å². The Morgan fingerprint density at radius 1 is 1.22 bits per heavy atom. The molecule has 2 heteroatoms. The molecule has 1 aromatic rings. The Bertz CT molecular complexity index is 376. The van der Waals surface area contributed by atoms with Crippen LogP contribution in [0.5, 0.6) is 0 Å². The van der Waals surface area contributed by atoms with Crippen molar-refractivity contribution in [3.8, 4) is 0 Å². The van der Waals surface area contributed by atoms with Gasteiger partial charge < -0.3 is 10.2 Å². The summed E-state index contributed by atoms with van der Waals surface area (Å²) >= 11 is 0. The Balaban J connectivity index is 1.53. The summed E-state index contributed by atoms with van der Waals surface area (Å²) in [6, 6.07) is 11.5. The highest BCUT2D eigenvalue weighted by atomic mass is 15.1. The zero-order valence-corrected chi connectivity index (χ0v) is 11.3. The van der Waals surface area contributed by atoms with Crippen molar-refractivity contribution in [2.75, 3.05) is 20.1 Å². The van der Waals surface area contributed by atoms with Gasteiger partial charge in [0.25, 0.3) is 0 Å². The van der Waals surface area contributed by atoms with Crippen molar-refractivity contribution in [1.82, 2.24) is 10.2 Å². The lowest BCUT2D eigenvalue weighted by Gasteiger charge is -2.25. The first-order valence-corrected chi connectivity index (χ1v) is 7.29. The average molecular weight is 244 g/mol. The predicted molar refractivity (Wildman–Crippen MR) is 75.4 cm³/mol. The quantitative estimate of drug-likeness (QED) is 0.875. The number of fused-ring (bicyclic) bond motifs is 1. The van der Waals surface area contributed by atoms with Crippen molar-refractivity contribution in [3.63, 3.8) is 0 Å². The van der Waals surface area contributed by atoms with Crippen molar-refractivity contribution in [3.05, 3.63) is 35.9 Å². The number of hydrogen-bond donors (Lipinski definition) is 1. The van der Waals surface area contributed by atoms with Gasteiger partial charge in [-0.15, -0.1) is 0 Å². The van der Waals surface area contributed by atoms with Gasteiger partial charge in [0.1, 0.15) is 0 Å². The predicted octanol–water partition coefficient (Wildman–Crippen LogP) is 2.51. The maximum absolute atomic E-state index is 3.73. The molecular weight excluding hydrogens is 220 g/mol. The third kappa shape index (κ3) is 2.60. The molecule has 1 aliphatic heterocycles. The second-order valence-electron chi connectivity index (χ2n) is 6.05. The summed E-state index contributed by atoms with van der Waals surface area (Å²) < 4.78 is 0. The third-order valence-electron chi connectivity index (χ3n) is 4.68. The molecule has 1 saturated carbocycles. The van der Waals surface area contributed by atoms with Gasteiger partial charge in [-0.3, -0.25) is 0 Å². The molecule has 0 aromatic heterocycles. The maximum Gasteiger partial charge on any atom is 0.0231 e. The van der Waals surface area contributed by atoms with E-state index < -0.39 is 0 Å². The molecule has 0 bridgehead atoms. The zero-order chi connectivity index (χ0) is 12.4. The topological polar surface area (TPSA) is 15.3 Å². The van der Waals surface area contributed by atoms with Gasteiger partial charge in [-0.1, -0.05) is 36.8 Å². The number of nitrogens with one attached hydrogen (secondary N) is 1. The van der Waals surface area contributed by atoms with Gasteiger partial charge in [0, 0.05) is 19.1 Å². The van der Waals surface area contributed by atoms with Crippen molar-refractivity contribution in [2.45, 2.75) is 31.8 Å². The van der Waals surface area contributed by atoms with Crippen LogP contribution in [0, 0.1) is 11.8 Å². The minimum absolute atomic E-state index is 0.728. The summed E-state index contributed by atoms with van der Waals surface area (Å²) in [5, 5.41) is 3.73. The molecule has 0 radical (unpaired) electrons. The van der Waals surface area contributed by atoms with Gasteiger partial charge in [-0.25, -0.2) is 0 Å². The Kier molecular flexibility index (Phi) is 3.67. The molecule has 3 atom stereocenters. The van der Waals surface area contributed by atoms with Crippen LogP contribution in [-0.4, -0.2) is 31.1 Å². The van der Waals surface area contributed by atoms with Crippen molar-refractivity contribution in [2.24, 2.45) is 11.8 Å². The standard InChI is InChI=1S/C16H24N2/c1-18(11-13-6-3-2-4-7-13)12-16-15-9-5-8-14(15)10-17-16/h2-4,6-7,14-17H,5,8-12H2,1H3. The first kappa shape index (κ1) is 12.2.